The summed E-state index contributed by atoms with van der Waals surface area (Å²) in [6, 6.07) is 1.65. The van der Waals surface area contributed by atoms with Crippen molar-refractivity contribution in [3.63, 3.8) is 0 Å². The zero-order chi connectivity index (χ0) is 13.8. The van der Waals surface area contributed by atoms with Gasteiger partial charge in [0.2, 0.25) is 0 Å². The van der Waals surface area contributed by atoms with Crippen molar-refractivity contribution in [1.82, 2.24) is 9.78 Å². The third kappa shape index (κ3) is 3.33. The Morgan fingerprint density at radius 2 is 2.42 bits per heavy atom. The molecule has 0 amide bonds. The fourth-order valence-corrected chi connectivity index (χ4v) is 2.26. The molecule has 1 aromatic rings. The van der Waals surface area contributed by atoms with Gasteiger partial charge in [-0.25, -0.2) is 4.68 Å². The molecule has 0 aliphatic carbocycles. The van der Waals surface area contributed by atoms with Crippen molar-refractivity contribution in [1.29, 1.82) is 0 Å². The second kappa shape index (κ2) is 6.16. The van der Waals surface area contributed by atoms with Crippen molar-refractivity contribution in [3.8, 4) is 0 Å². The normalized spacial score (nSPS) is 20.8. The van der Waals surface area contributed by atoms with Crippen LogP contribution in [0.4, 0.5) is 5.69 Å². The maximum atomic E-state index is 12.0. The lowest BCUT2D eigenvalue weighted by atomic mass is 10.2. The predicted octanol–water partition coefficient (Wildman–Crippen LogP) is 0.0632. The summed E-state index contributed by atoms with van der Waals surface area (Å²) in [7, 11) is 1.72. The number of nitrogens with two attached hydrogens (primary N) is 1. The molecule has 0 aromatic carbocycles. The molecule has 0 bridgehead atoms. The van der Waals surface area contributed by atoms with Gasteiger partial charge in [-0.2, -0.15) is 5.10 Å². The Kier molecular flexibility index (Phi) is 4.55. The number of aromatic nitrogens is 2. The van der Waals surface area contributed by atoms with Crippen LogP contribution >= 0.6 is 0 Å². The SMILES string of the molecule is COC1CCN(c2cnn(CC(C)CN)c(=O)c2)C1. The summed E-state index contributed by atoms with van der Waals surface area (Å²) in [6.45, 7) is 4.85. The van der Waals surface area contributed by atoms with Crippen molar-refractivity contribution in [2.24, 2.45) is 11.7 Å². The third-order valence-corrected chi connectivity index (χ3v) is 3.59. The van der Waals surface area contributed by atoms with E-state index in [9.17, 15) is 4.79 Å². The largest absolute Gasteiger partial charge is 0.380 e. The molecule has 1 aromatic heterocycles. The predicted molar refractivity (Wildman–Crippen MR) is 74.3 cm³/mol. The van der Waals surface area contributed by atoms with Crippen molar-refractivity contribution >= 4 is 5.69 Å². The zero-order valence-corrected chi connectivity index (χ0v) is 11.6. The first-order valence-corrected chi connectivity index (χ1v) is 6.69. The van der Waals surface area contributed by atoms with Crippen LogP contribution in [0.2, 0.25) is 0 Å². The van der Waals surface area contributed by atoms with Crippen LogP contribution in [0.25, 0.3) is 0 Å². The van der Waals surface area contributed by atoms with Gasteiger partial charge in [-0.1, -0.05) is 6.92 Å². The van der Waals surface area contributed by atoms with Crippen molar-refractivity contribution in [2.75, 3.05) is 31.6 Å². The molecule has 6 heteroatoms. The lowest BCUT2D eigenvalue weighted by molar-refractivity contribution is 0.121. The molecule has 19 heavy (non-hydrogen) atoms. The molecule has 1 aliphatic heterocycles. The smallest absolute Gasteiger partial charge is 0.268 e. The number of ether oxygens (including phenoxy) is 1. The van der Waals surface area contributed by atoms with Gasteiger partial charge < -0.3 is 15.4 Å². The van der Waals surface area contributed by atoms with E-state index in [1.54, 1.807) is 19.4 Å². The van der Waals surface area contributed by atoms with Gasteiger partial charge >= 0.3 is 0 Å². The maximum Gasteiger partial charge on any atom is 0.268 e. The molecular weight excluding hydrogens is 244 g/mol. The lowest BCUT2D eigenvalue weighted by Gasteiger charge is -2.18. The number of methoxy groups -OCH3 is 1. The average molecular weight is 266 g/mol. The first-order chi connectivity index (χ1) is 9.13. The van der Waals surface area contributed by atoms with Crippen molar-refractivity contribution in [3.05, 3.63) is 22.6 Å². The van der Waals surface area contributed by atoms with E-state index in [-0.39, 0.29) is 17.6 Å². The summed E-state index contributed by atoms with van der Waals surface area (Å²) in [6.07, 6.45) is 2.99. The molecule has 2 N–H and O–H groups in total. The standard InChI is InChI=1S/C13H22N4O2/c1-10(6-14)8-17-13(18)5-11(7-15-17)16-4-3-12(9-16)19-2/h5,7,10,12H,3-4,6,8-9,14H2,1-2H3. The number of hydrogen-bond acceptors (Lipinski definition) is 5. The number of anilines is 1. The van der Waals surface area contributed by atoms with Gasteiger partial charge in [-0.15, -0.1) is 0 Å². The highest BCUT2D eigenvalue weighted by molar-refractivity contribution is 5.44. The van der Waals surface area contributed by atoms with E-state index in [2.05, 4.69) is 10.00 Å². The summed E-state index contributed by atoms with van der Waals surface area (Å²) >= 11 is 0. The molecule has 0 spiro atoms. The second-order valence-corrected chi connectivity index (χ2v) is 5.17. The molecule has 2 heterocycles. The van der Waals surface area contributed by atoms with Crippen LogP contribution < -0.4 is 16.2 Å². The molecule has 1 aliphatic rings. The van der Waals surface area contributed by atoms with Crippen LogP contribution in [0.15, 0.2) is 17.1 Å². The van der Waals surface area contributed by atoms with Crippen LogP contribution in [-0.4, -0.2) is 42.6 Å². The highest BCUT2D eigenvalue weighted by atomic mass is 16.5. The Labute approximate surface area is 113 Å². The number of rotatable bonds is 5. The number of hydrogen-bond donors (Lipinski definition) is 1. The van der Waals surface area contributed by atoms with Gasteiger partial charge in [0.15, 0.2) is 0 Å². The summed E-state index contributed by atoms with van der Waals surface area (Å²) < 4.78 is 6.80. The summed E-state index contributed by atoms with van der Waals surface area (Å²) in [5, 5.41) is 4.23. The fraction of sp³-hybridized carbons (Fsp3) is 0.692. The summed E-state index contributed by atoms with van der Waals surface area (Å²) in [5.41, 5.74) is 6.37. The first kappa shape index (κ1) is 14.0. The van der Waals surface area contributed by atoms with Crippen LogP contribution in [0, 0.1) is 5.92 Å². The van der Waals surface area contributed by atoms with Gasteiger partial charge in [-0.05, 0) is 18.9 Å². The lowest BCUT2D eigenvalue weighted by Crippen LogP contribution is -2.30. The Morgan fingerprint density at radius 3 is 3.00 bits per heavy atom. The Morgan fingerprint density at radius 1 is 1.63 bits per heavy atom. The molecular formula is C13H22N4O2. The van der Waals surface area contributed by atoms with Crippen LogP contribution in [-0.2, 0) is 11.3 Å². The molecule has 1 fully saturated rings. The van der Waals surface area contributed by atoms with Crippen LogP contribution in [0.1, 0.15) is 13.3 Å². The zero-order valence-electron chi connectivity index (χ0n) is 11.6. The van der Waals surface area contributed by atoms with E-state index in [4.69, 9.17) is 10.5 Å². The monoisotopic (exact) mass is 266 g/mol. The van der Waals surface area contributed by atoms with Gasteiger partial charge in [0.1, 0.15) is 0 Å². The molecule has 106 valence electrons. The van der Waals surface area contributed by atoms with Crippen molar-refractivity contribution < 1.29 is 4.74 Å². The minimum Gasteiger partial charge on any atom is -0.380 e. The van der Waals surface area contributed by atoms with E-state index in [1.807, 2.05) is 6.92 Å². The van der Waals surface area contributed by atoms with Crippen LogP contribution in [0.5, 0.6) is 0 Å². The second-order valence-electron chi connectivity index (χ2n) is 5.17. The molecule has 1 saturated heterocycles. The van der Waals surface area contributed by atoms with Gasteiger partial charge in [0.25, 0.3) is 5.56 Å². The molecule has 0 radical (unpaired) electrons. The number of nitrogens with zero attached hydrogens (tertiary/aromatic N) is 3. The minimum atomic E-state index is -0.0707. The summed E-state index contributed by atoms with van der Waals surface area (Å²) in [4.78, 5) is 14.1. The summed E-state index contributed by atoms with van der Waals surface area (Å²) in [5.74, 6) is 0.251. The highest BCUT2D eigenvalue weighted by Crippen LogP contribution is 2.19. The van der Waals surface area contributed by atoms with Crippen LogP contribution in [0.3, 0.4) is 0 Å². The molecule has 6 nitrogen and oxygen atoms in total. The molecule has 2 atom stereocenters. The van der Waals surface area contributed by atoms with Gasteiger partial charge in [0.05, 0.1) is 18.0 Å². The minimum absolute atomic E-state index is 0.0707. The first-order valence-electron chi connectivity index (χ1n) is 6.69. The quantitative estimate of drug-likeness (QED) is 0.816. The highest BCUT2D eigenvalue weighted by Gasteiger charge is 2.22. The topological polar surface area (TPSA) is 73.4 Å². The maximum absolute atomic E-state index is 12.0. The van der Waals surface area contributed by atoms with E-state index in [1.165, 1.54) is 4.68 Å². The van der Waals surface area contributed by atoms with Gasteiger partial charge in [-0.3, -0.25) is 4.79 Å². The van der Waals surface area contributed by atoms with Crippen molar-refractivity contribution in [2.45, 2.75) is 26.0 Å². The molecule has 2 rings (SSSR count). The van der Waals surface area contributed by atoms with E-state index in [0.29, 0.717) is 13.1 Å². The fourth-order valence-electron chi connectivity index (χ4n) is 2.26. The molecule has 0 saturated carbocycles. The van der Waals surface area contributed by atoms with E-state index in [0.717, 1.165) is 25.2 Å². The van der Waals surface area contributed by atoms with E-state index < -0.39 is 0 Å². The third-order valence-electron chi connectivity index (χ3n) is 3.59. The van der Waals surface area contributed by atoms with E-state index >= 15 is 0 Å². The Bertz CT molecular complexity index is 474. The average Bonchev–Trinajstić information content (AvgIpc) is 2.89. The Hall–Kier alpha value is -1.40. The Balaban J connectivity index is 2.09. The van der Waals surface area contributed by atoms with Gasteiger partial charge in [0, 0.05) is 32.8 Å². The molecule has 2 unspecified atom stereocenters.